The average molecular weight is 274 g/mol. The first kappa shape index (κ1) is 14.5. The van der Waals surface area contributed by atoms with Gasteiger partial charge < -0.3 is 14.6 Å². The van der Waals surface area contributed by atoms with Crippen molar-refractivity contribution in [2.75, 3.05) is 6.54 Å². The SMILES string of the molecule is CC(C)CNCc1ccccc1OCc1nncn1C. The molecule has 20 heavy (non-hydrogen) atoms. The number of nitrogens with one attached hydrogen (secondary N) is 1. The first-order valence-corrected chi connectivity index (χ1v) is 6.91. The Morgan fingerprint density at radius 1 is 1.30 bits per heavy atom. The first-order chi connectivity index (χ1) is 9.66. The van der Waals surface area contributed by atoms with E-state index >= 15 is 0 Å². The Balaban J connectivity index is 1.95. The fourth-order valence-electron chi connectivity index (χ4n) is 1.87. The van der Waals surface area contributed by atoms with E-state index in [2.05, 4.69) is 35.4 Å². The van der Waals surface area contributed by atoms with Gasteiger partial charge in [0.05, 0.1) is 0 Å². The fourth-order valence-corrected chi connectivity index (χ4v) is 1.87. The minimum absolute atomic E-state index is 0.428. The van der Waals surface area contributed by atoms with Crippen LogP contribution in [0.5, 0.6) is 5.75 Å². The average Bonchev–Trinajstić information content (AvgIpc) is 2.83. The molecule has 108 valence electrons. The van der Waals surface area contributed by atoms with E-state index in [0.29, 0.717) is 12.5 Å². The number of benzene rings is 1. The van der Waals surface area contributed by atoms with E-state index in [1.54, 1.807) is 6.33 Å². The molecule has 0 bridgehead atoms. The van der Waals surface area contributed by atoms with Crippen molar-refractivity contribution in [2.24, 2.45) is 13.0 Å². The minimum atomic E-state index is 0.428. The van der Waals surface area contributed by atoms with Gasteiger partial charge in [0.2, 0.25) is 0 Å². The third kappa shape index (κ3) is 4.06. The molecule has 0 saturated carbocycles. The van der Waals surface area contributed by atoms with Crippen LogP contribution in [0.15, 0.2) is 30.6 Å². The largest absolute Gasteiger partial charge is 0.485 e. The summed E-state index contributed by atoms with van der Waals surface area (Å²) in [6.45, 7) is 6.63. The van der Waals surface area contributed by atoms with Gasteiger partial charge in [-0.05, 0) is 18.5 Å². The van der Waals surface area contributed by atoms with E-state index in [9.17, 15) is 0 Å². The maximum absolute atomic E-state index is 5.86. The normalized spacial score (nSPS) is 11.0. The monoisotopic (exact) mass is 274 g/mol. The number of para-hydroxylation sites is 1. The highest BCUT2D eigenvalue weighted by Crippen LogP contribution is 2.18. The molecule has 0 saturated heterocycles. The molecule has 0 unspecified atom stereocenters. The number of hydrogen-bond acceptors (Lipinski definition) is 4. The molecule has 0 aliphatic heterocycles. The third-order valence-corrected chi connectivity index (χ3v) is 3.00. The summed E-state index contributed by atoms with van der Waals surface area (Å²) in [6.07, 6.45) is 1.68. The molecule has 0 fully saturated rings. The first-order valence-electron chi connectivity index (χ1n) is 6.91. The van der Waals surface area contributed by atoms with Crippen molar-refractivity contribution < 1.29 is 4.74 Å². The molecule has 1 heterocycles. The molecule has 5 nitrogen and oxygen atoms in total. The second kappa shape index (κ2) is 7.05. The maximum Gasteiger partial charge on any atom is 0.170 e. The zero-order valence-corrected chi connectivity index (χ0v) is 12.3. The number of aromatic nitrogens is 3. The second-order valence-electron chi connectivity index (χ2n) is 5.28. The smallest absolute Gasteiger partial charge is 0.170 e. The van der Waals surface area contributed by atoms with E-state index < -0.39 is 0 Å². The Morgan fingerprint density at radius 2 is 2.10 bits per heavy atom. The number of ether oxygens (including phenoxy) is 1. The quantitative estimate of drug-likeness (QED) is 0.840. The lowest BCUT2D eigenvalue weighted by Gasteiger charge is -2.12. The van der Waals surface area contributed by atoms with Crippen LogP contribution in [-0.2, 0) is 20.2 Å². The molecule has 1 aromatic heterocycles. The zero-order chi connectivity index (χ0) is 14.4. The van der Waals surface area contributed by atoms with Crippen LogP contribution in [0.1, 0.15) is 25.2 Å². The molecule has 1 aromatic carbocycles. The number of hydrogen-bond donors (Lipinski definition) is 1. The molecule has 2 aromatic rings. The topological polar surface area (TPSA) is 52.0 Å². The molecule has 5 heteroatoms. The van der Waals surface area contributed by atoms with Crippen molar-refractivity contribution in [3.63, 3.8) is 0 Å². The van der Waals surface area contributed by atoms with Crippen LogP contribution in [0, 0.1) is 5.92 Å². The van der Waals surface area contributed by atoms with Crippen LogP contribution < -0.4 is 10.1 Å². The molecule has 0 spiro atoms. The Morgan fingerprint density at radius 3 is 2.80 bits per heavy atom. The lowest BCUT2D eigenvalue weighted by Crippen LogP contribution is -2.19. The van der Waals surface area contributed by atoms with Crippen LogP contribution in [-0.4, -0.2) is 21.3 Å². The lowest BCUT2D eigenvalue weighted by molar-refractivity contribution is 0.287. The van der Waals surface area contributed by atoms with Gasteiger partial charge in [0.15, 0.2) is 5.82 Å². The summed E-state index contributed by atoms with van der Waals surface area (Å²) in [4.78, 5) is 0. The third-order valence-electron chi connectivity index (χ3n) is 3.00. The standard InChI is InChI=1S/C15H22N4O/c1-12(2)8-16-9-13-6-4-5-7-14(13)20-10-15-18-17-11-19(15)3/h4-7,11-12,16H,8-10H2,1-3H3. The van der Waals surface area contributed by atoms with Crippen molar-refractivity contribution >= 4 is 0 Å². The highest BCUT2D eigenvalue weighted by molar-refractivity contribution is 5.33. The maximum atomic E-state index is 5.86. The summed E-state index contributed by atoms with van der Waals surface area (Å²) in [6, 6.07) is 8.08. The van der Waals surface area contributed by atoms with Gasteiger partial charge in [0, 0.05) is 19.2 Å². The van der Waals surface area contributed by atoms with E-state index in [-0.39, 0.29) is 0 Å². The van der Waals surface area contributed by atoms with Crippen molar-refractivity contribution in [1.82, 2.24) is 20.1 Å². The molecular weight excluding hydrogens is 252 g/mol. The second-order valence-corrected chi connectivity index (χ2v) is 5.28. The van der Waals surface area contributed by atoms with Crippen molar-refractivity contribution in [3.05, 3.63) is 42.0 Å². The lowest BCUT2D eigenvalue weighted by atomic mass is 10.2. The van der Waals surface area contributed by atoms with Crippen molar-refractivity contribution in [2.45, 2.75) is 27.0 Å². The summed E-state index contributed by atoms with van der Waals surface area (Å²) in [5.41, 5.74) is 1.16. The highest BCUT2D eigenvalue weighted by Gasteiger charge is 2.06. The van der Waals surface area contributed by atoms with Gasteiger partial charge in [0.1, 0.15) is 18.7 Å². The van der Waals surface area contributed by atoms with E-state index in [1.165, 1.54) is 0 Å². The molecule has 0 aliphatic carbocycles. The van der Waals surface area contributed by atoms with Gasteiger partial charge in [-0.1, -0.05) is 32.0 Å². The summed E-state index contributed by atoms with van der Waals surface area (Å²) < 4.78 is 7.72. The predicted octanol–water partition coefficient (Wildman–Crippen LogP) is 2.14. The van der Waals surface area contributed by atoms with Gasteiger partial charge >= 0.3 is 0 Å². The Labute approximate surface area is 120 Å². The van der Waals surface area contributed by atoms with Gasteiger partial charge in [-0.15, -0.1) is 10.2 Å². The van der Waals surface area contributed by atoms with Crippen molar-refractivity contribution in [3.8, 4) is 5.75 Å². The Bertz CT molecular complexity index is 536. The van der Waals surface area contributed by atoms with Crippen molar-refractivity contribution in [1.29, 1.82) is 0 Å². The molecule has 0 aliphatic rings. The van der Waals surface area contributed by atoms with E-state index in [1.807, 2.05) is 29.8 Å². The van der Waals surface area contributed by atoms with Crippen LogP contribution in [0.2, 0.25) is 0 Å². The number of rotatable bonds is 7. The van der Waals surface area contributed by atoms with Gasteiger partial charge in [0.25, 0.3) is 0 Å². The number of aryl methyl sites for hydroxylation is 1. The van der Waals surface area contributed by atoms with Gasteiger partial charge in [-0.3, -0.25) is 0 Å². The summed E-state index contributed by atoms with van der Waals surface area (Å²) in [5, 5.41) is 11.3. The Kier molecular flexibility index (Phi) is 5.12. The van der Waals surface area contributed by atoms with Crippen LogP contribution in [0.3, 0.4) is 0 Å². The highest BCUT2D eigenvalue weighted by atomic mass is 16.5. The summed E-state index contributed by atoms with van der Waals surface area (Å²) in [5.74, 6) is 2.35. The van der Waals surface area contributed by atoms with Crippen LogP contribution in [0.25, 0.3) is 0 Å². The molecule has 0 atom stereocenters. The zero-order valence-electron chi connectivity index (χ0n) is 12.3. The molecule has 0 radical (unpaired) electrons. The predicted molar refractivity (Wildman–Crippen MR) is 78.3 cm³/mol. The van der Waals surface area contributed by atoms with Gasteiger partial charge in [-0.25, -0.2) is 0 Å². The van der Waals surface area contributed by atoms with E-state index in [4.69, 9.17) is 4.74 Å². The van der Waals surface area contributed by atoms with E-state index in [0.717, 1.165) is 30.2 Å². The van der Waals surface area contributed by atoms with Crippen LogP contribution in [0.4, 0.5) is 0 Å². The molecule has 2 rings (SSSR count). The minimum Gasteiger partial charge on any atom is -0.485 e. The molecule has 0 amide bonds. The number of nitrogens with zero attached hydrogens (tertiary/aromatic N) is 3. The summed E-state index contributed by atoms with van der Waals surface area (Å²) >= 11 is 0. The van der Waals surface area contributed by atoms with Crippen LogP contribution >= 0.6 is 0 Å². The fraction of sp³-hybridized carbons (Fsp3) is 0.467. The molecular formula is C15H22N4O. The summed E-state index contributed by atoms with van der Waals surface area (Å²) in [7, 11) is 1.91. The van der Waals surface area contributed by atoms with Gasteiger partial charge in [-0.2, -0.15) is 0 Å². The Hall–Kier alpha value is -1.88. The molecule has 1 N–H and O–H groups in total.